The Bertz CT molecular complexity index is 378. The van der Waals surface area contributed by atoms with E-state index in [1.54, 1.807) is 12.1 Å². The van der Waals surface area contributed by atoms with Crippen molar-refractivity contribution >= 4 is 17.5 Å². The average molecular weight is 224 g/mol. The first-order valence-corrected chi connectivity index (χ1v) is 5.06. The summed E-state index contributed by atoms with van der Waals surface area (Å²) in [4.78, 5) is 11.6. The number of carbonyl (C=O) groups excluding carboxylic acids is 1. The number of rotatable bonds is 3. The van der Waals surface area contributed by atoms with Crippen molar-refractivity contribution in [3.8, 4) is 0 Å². The Hall–Kier alpha value is -1.28. The summed E-state index contributed by atoms with van der Waals surface area (Å²) >= 11 is 5.86. The zero-order valence-electron chi connectivity index (χ0n) is 8.93. The smallest absolute Gasteiger partial charge is 0.251 e. The molecule has 0 aliphatic carbocycles. The van der Waals surface area contributed by atoms with E-state index in [-0.39, 0.29) is 5.91 Å². The average Bonchev–Trinajstić information content (AvgIpc) is 2.12. The molecule has 0 radical (unpaired) electrons. The van der Waals surface area contributed by atoms with Gasteiger partial charge in [0, 0.05) is 17.1 Å². The van der Waals surface area contributed by atoms with Gasteiger partial charge >= 0.3 is 0 Å². The van der Waals surface area contributed by atoms with E-state index in [9.17, 15) is 4.79 Å². The summed E-state index contributed by atoms with van der Waals surface area (Å²) in [7, 11) is 0. The molecule has 0 aromatic heterocycles. The molecule has 0 unspecified atom stereocenters. The lowest BCUT2D eigenvalue weighted by molar-refractivity contribution is 0.0957. The van der Waals surface area contributed by atoms with E-state index in [2.05, 4.69) is 11.9 Å². The van der Waals surface area contributed by atoms with Gasteiger partial charge in [0.2, 0.25) is 0 Å². The summed E-state index contributed by atoms with van der Waals surface area (Å²) in [5, 5.41) is 3.33. The Kier molecular flexibility index (Phi) is 3.92. The van der Waals surface area contributed by atoms with E-state index in [0.717, 1.165) is 11.1 Å². The molecule has 0 saturated heterocycles. The van der Waals surface area contributed by atoms with Crippen molar-refractivity contribution in [2.75, 3.05) is 6.54 Å². The third kappa shape index (κ3) is 3.76. The predicted molar refractivity (Wildman–Crippen MR) is 63.3 cm³/mol. The quantitative estimate of drug-likeness (QED) is 0.785. The summed E-state index contributed by atoms with van der Waals surface area (Å²) in [5.74, 6) is -0.122. The molecule has 0 aliphatic heterocycles. The molecule has 2 nitrogen and oxygen atoms in total. The van der Waals surface area contributed by atoms with E-state index >= 15 is 0 Å². The number of aryl methyl sites for hydroxylation is 1. The molecule has 1 aromatic carbocycles. The minimum Gasteiger partial charge on any atom is -0.348 e. The van der Waals surface area contributed by atoms with Crippen molar-refractivity contribution in [3.63, 3.8) is 0 Å². The van der Waals surface area contributed by atoms with Crippen LogP contribution >= 0.6 is 11.6 Å². The lowest BCUT2D eigenvalue weighted by atomic mass is 10.1. The Labute approximate surface area is 94.9 Å². The summed E-state index contributed by atoms with van der Waals surface area (Å²) in [6.45, 7) is 7.97. The van der Waals surface area contributed by atoms with Crippen LogP contribution in [0.15, 0.2) is 30.4 Å². The first kappa shape index (κ1) is 11.8. The molecule has 0 fully saturated rings. The van der Waals surface area contributed by atoms with Crippen molar-refractivity contribution in [2.24, 2.45) is 0 Å². The molecule has 0 atom stereocenters. The highest BCUT2D eigenvalue weighted by molar-refractivity contribution is 6.31. The van der Waals surface area contributed by atoms with E-state index < -0.39 is 0 Å². The van der Waals surface area contributed by atoms with Crippen molar-refractivity contribution in [2.45, 2.75) is 13.8 Å². The fourth-order valence-electron chi connectivity index (χ4n) is 1.20. The number of amides is 1. The summed E-state index contributed by atoms with van der Waals surface area (Å²) in [5.41, 5.74) is 2.48. The number of halogens is 1. The van der Waals surface area contributed by atoms with Crippen LogP contribution < -0.4 is 5.32 Å². The zero-order valence-corrected chi connectivity index (χ0v) is 9.69. The monoisotopic (exact) mass is 223 g/mol. The van der Waals surface area contributed by atoms with Crippen LogP contribution in [-0.2, 0) is 0 Å². The first-order valence-electron chi connectivity index (χ1n) is 4.69. The normalized spacial score (nSPS) is 9.80. The van der Waals surface area contributed by atoms with Crippen LogP contribution in [0.5, 0.6) is 0 Å². The third-order valence-corrected chi connectivity index (χ3v) is 2.07. The maximum Gasteiger partial charge on any atom is 0.251 e. The topological polar surface area (TPSA) is 29.1 Å². The van der Waals surface area contributed by atoms with Gasteiger partial charge in [0.1, 0.15) is 0 Å². The van der Waals surface area contributed by atoms with Gasteiger partial charge in [-0.05, 0) is 37.6 Å². The highest BCUT2D eigenvalue weighted by atomic mass is 35.5. The van der Waals surface area contributed by atoms with E-state index in [1.807, 2.05) is 19.9 Å². The zero-order chi connectivity index (χ0) is 11.4. The molecule has 15 heavy (non-hydrogen) atoms. The van der Waals surface area contributed by atoms with Gasteiger partial charge in [-0.2, -0.15) is 0 Å². The fraction of sp³-hybridized carbons (Fsp3) is 0.250. The molecule has 1 N–H and O–H groups in total. The number of hydrogen-bond acceptors (Lipinski definition) is 1. The van der Waals surface area contributed by atoms with Gasteiger partial charge in [-0.15, -0.1) is 0 Å². The number of hydrogen-bond donors (Lipinski definition) is 1. The molecule has 0 aliphatic rings. The van der Waals surface area contributed by atoms with Crippen LogP contribution in [0.25, 0.3) is 0 Å². The number of benzene rings is 1. The van der Waals surface area contributed by atoms with Crippen LogP contribution in [0.3, 0.4) is 0 Å². The van der Waals surface area contributed by atoms with Crippen molar-refractivity contribution in [1.29, 1.82) is 0 Å². The lowest BCUT2D eigenvalue weighted by Crippen LogP contribution is -2.24. The van der Waals surface area contributed by atoms with Gasteiger partial charge < -0.3 is 5.32 Å². The molecule has 0 spiro atoms. The Morgan fingerprint density at radius 3 is 2.67 bits per heavy atom. The van der Waals surface area contributed by atoms with Crippen molar-refractivity contribution < 1.29 is 4.79 Å². The van der Waals surface area contributed by atoms with Crippen LogP contribution in [0.4, 0.5) is 0 Å². The molecule has 0 saturated carbocycles. The lowest BCUT2D eigenvalue weighted by Gasteiger charge is -2.06. The van der Waals surface area contributed by atoms with Gasteiger partial charge in [-0.1, -0.05) is 23.8 Å². The van der Waals surface area contributed by atoms with Crippen LogP contribution in [0.1, 0.15) is 22.8 Å². The fourth-order valence-corrected chi connectivity index (χ4v) is 1.49. The third-order valence-electron chi connectivity index (χ3n) is 1.86. The van der Waals surface area contributed by atoms with Crippen molar-refractivity contribution in [1.82, 2.24) is 5.32 Å². The Balaban J connectivity index is 2.77. The standard InChI is InChI=1S/C12H14ClNO/c1-8(2)7-14-12(15)10-4-9(3)5-11(13)6-10/h4-6H,1,7H2,2-3H3,(H,14,15). The van der Waals surface area contributed by atoms with Crippen LogP contribution in [0.2, 0.25) is 5.02 Å². The number of nitrogens with one attached hydrogen (secondary N) is 1. The van der Waals surface area contributed by atoms with E-state index in [0.29, 0.717) is 17.1 Å². The molecular weight excluding hydrogens is 210 g/mol. The maximum absolute atomic E-state index is 11.6. The number of carbonyl (C=O) groups is 1. The van der Waals surface area contributed by atoms with Gasteiger partial charge in [0.15, 0.2) is 0 Å². The van der Waals surface area contributed by atoms with Crippen LogP contribution in [0, 0.1) is 6.92 Å². The molecule has 1 aromatic rings. The molecule has 1 amide bonds. The maximum atomic E-state index is 11.6. The summed E-state index contributed by atoms with van der Waals surface area (Å²) in [6, 6.07) is 5.28. The second kappa shape index (κ2) is 4.99. The van der Waals surface area contributed by atoms with Crippen molar-refractivity contribution in [3.05, 3.63) is 46.5 Å². The molecular formula is C12H14ClNO. The highest BCUT2D eigenvalue weighted by Crippen LogP contribution is 2.14. The Morgan fingerprint density at radius 2 is 2.13 bits per heavy atom. The SMILES string of the molecule is C=C(C)CNC(=O)c1cc(C)cc(Cl)c1. The molecule has 1 rings (SSSR count). The highest BCUT2D eigenvalue weighted by Gasteiger charge is 2.06. The summed E-state index contributed by atoms with van der Waals surface area (Å²) in [6.07, 6.45) is 0. The molecule has 0 heterocycles. The van der Waals surface area contributed by atoms with Gasteiger partial charge in [-0.25, -0.2) is 0 Å². The second-order valence-corrected chi connectivity index (χ2v) is 4.09. The van der Waals surface area contributed by atoms with Crippen LogP contribution in [-0.4, -0.2) is 12.5 Å². The largest absolute Gasteiger partial charge is 0.348 e. The minimum absolute atomic E-state index is 0.122. The summed E-state index contributed by atoms with van der Waals surface area (Å²) < 4.78 is 0. The van der Waals surface area contributed by atoms with E-state index in [1.165, 1.54) is 0 Å². The van der Waals surface area contributed by atoms with E-state index in [4.69, 9.17) is 11.6 Å². The Morgan fingerprint density at radius 1 is 1.47 bits per heavy atom. The molecule has 3 heteroatoms. The van der Waals surface area contributed by atoms with Gasteiger partial charge in [0.05, 0.1) is 0 Å². The predicted octanol–water partition coefficient (Wildman–Crippen LogP) is 2.95. The van der Waals surface area contributed by atoms with Gasteiger partial charge in [0.25, 0.3) is 5.91 Å². The second-order valence-electron chi connectivity index (χ2n) is 3.66. The minimum atomic E-state index is -0.122. The molecule has 80 valence electrons. The van der Waals surface area contributed by atoms with Gasteiger partial charge in [-0.3, -0.25) is 4.79 Å². The molecule has 0 bridgehead atoms. The first-order chi connectivity index (χ1) is 6.99.